The summed E-state index contributed by atoms with van der Waals surface area (Å²) < 4.78 is 38.0. The number of piperidine rings is 1. The van der Waals surface area contributed by atoms with E-state index in [1.54, 1.807) is 13.0 Å². The van der Waals surface area contributed by atoms with Crippen molar-refractivity contribution in [1.82, 2.24) is 14.9 Å². The van der Waals surface area contributed by atoms with Crippen molar-refractivity contribution in [2.45, 2.75) is 31.9 Å². The second-order valence-electron chi connectivity index (χ2n) is 4.86. The minimum absolute atomic E-state index is 0.0755. The number of likely N-dealkylation sites (tertiary alicyclic amines) is 1. The fraction of sp³-hybridized carbons (Fsp3) is 0.667. The molecule has 18 heavy (non-hydrogen) atoms. The molecule has 0 N–H and O–H groups in total. The van der Waals surface area contributed by atoms with Crippen molar-refractivity contribution in [2.24, 2.45) is 0 Å². The van der Waals surface area contributed by atoms with Crippen LogP contribution in [0.3, 0.4) is 0 Å². The maximum absolute atomic E-state index is 12.7. The lowest BCUT2D eigenvalue weighted by Gasteiger charge is -2.29. The third-order valence-electron chi connectivity index (χ3n) is 3.17. The molecule has 0 amide bonds. The van der Waals surface area contributed by atoms with Crippen LogP contribution in [0.4, 0.5) is 13.2 Å². The molecule has 1 aliphatic rings. The average molecular weight is 259 g/mol. The predicted molar refractivity (Wildman–Crippen MR) is 61.2 cm³/mol. The third-order valence-corrected chi connectivity index (χ3v) is 3.17. The average Bonchev–Trinajstić information content (AvgIpc) is 2.27. The molecular formula is C12H16F3N3. The molecule has 2 rings (SSSR count). The molecule has 1 atom stereocenters. The first-order valence-corrected chi connectivity index (χ1v) is 5.97. The number of nitrogens with zero attached hydrogens (tertiary/aromatic N) is 3. The van der Waals surface area contributed by atoms with Gasteiger partial charge in [-0.15, -0.1) is 0 Å². The molecule has 1 aliphatic heterocycles. The number of rotatable bonds is 1. The van der Waals surface area contributed by atoms with Crippen molar-refractivity contribution in [3.63, 3.8) is 0 Å². The molecule has 0 bridgehead atoms. The van der Waals surface area contributed by atoms with Gasteiger partial charge in [-0.1, -0.05) is 0 Å². The standard InChI is InChI=1S/C12H16F3N3/c1-8-6-10(9-4-3-5-18(2)7-9)17-11(16-8)12(13,14)15/h6,9H,3-5,7H2,1-2H3. The van der Waals surface area contributed by atoms with Crippen LogP contribution in [0.25, 0.3) is 0 Å². The van der Waals surface area contributed by atoms with Gasteiger partial charge in [-0.25, -0.2) is 9.97 Å². The number of alkyl halides is 3. The van der Waals surface area contributed by atoms with Crippen LogP contribution in [0.2, 0.25) is 0 Å². The second kappa shape index (κ2) is 4.84. The summed E-state index contributed by atoms with van der Waals surface area (Å²) in [6, 6.07) is 1.67. The quantitative estimate of drug-likeness (QED) is 0.776. The van der Waals surface area contributed by atoms with Gasteiger partial charge in [-0.3, -0.25) is 0 Å². The van der Waals surface area contributed by atoms with Gasteiger partial charge in [0.25, 0.3) is 0 Å². The largest absolute Gasteiger partial charge is 0.451 e. The molecule has 0 aromatic carbocycles. The number of hydrogen-bond donors (Lipinski definition) is 0. The van der Waals surface area contributed by atoms with E-state index in [2.05, 4.69) is 14.9 Å². The fourth-order valence-corrected chi connectivity index (χ4v) is 2.34. The van der Waals surface area contributed by atoms with Crippen molar-refractivity contribution >= 4 is 0 Å². The summed E-state index contributed by atoms with van der Waals surface area (Å²) in [6.45, 7) is 3.33. The summed E-state index contributed by atoms with van der Waals surface area (Å²) in [5.74, 6) is -0.947. The maximum atomic E-state index is 12.7. The van der Waals surface area contributed by atoms with E-state index >= 15 is 0 Å². The Morgan fingerprint density at radius 3 is 2.67 bits per heavy atom. The van der Waals surface area contributed by atoms with Crippen LogP contribution in [0, 0.1) is 6.92 Å². The van der Waals surface area contributed by atoms with Gasteiger partial charge in [0.2, 0.25) is 5.82 Å². The normalized spacial score (nSPS) is 22.2. The smallest absolute Gasteiger partial charge is 0.306 e. The summed E-state index contributed by atoms with van der Waals surface area (Å²) in [6.07, 6.45) is -2.59. The van der Waals surface area contributed by atoms with Gasteiger partial charge in [0, 0.05) is 23.9 Å². The van der Waals surface area contributed by atoms with E-state index in [1.165, 1.54) is 0 Å². The highest BCUT2D eigenvalue weighted by atomic mass is 19.4. The highest BCUT2D eigenvalue weighted by molar-refractivity contribution is 5.16. The molecule has 0 aliphatic carbocycles. The molecule has 2 heterocycles. The van der Waals surface area contributed by atoms with Gasteiger partial charge in [-0.2, -0.15) is 13.2 Å². The van der Waals surface area contributed by atoms with Crippen molar-refractivity contribution < 1.29 is 13.2 Å². The summed E-state index contributed by atoms with van der Waals surface area (Å²) in [5, 5.41) is 0. The Morgan fingerprint density at radius 2 is 2.06 bits per heavy atom. The minimum atomic E-state index is -4.47. The lowest BCUT2D eigenvalue weighted by atomic mass is 9.94. The first kappa shape index (κ1) is 13.3. The molecule has 1 aromatic rings. The van der Waals surface area contributed by atoms with Crippen molar-refractivity contribution in [1.29, 1.82) is 0 Å². The Hall–Kier alpha value is -1.17. The first-order chi connectivity index (χ1) is 8.36. The van der Waals surface area contributed by atoms with Crippen molar-refractivity contribution in [3.05, 3.63) is 23.3 Å². The second-order valence-corrected chi connectivity index (χ2v) is 4.86. The topological polar surface area (TPSA) is 29.0 Å². The summed E-state index contributed by atoms with van der Waals surface area (Å²) in [7, 11) is 1.98. The van der Waals surface area contributed by atoms with E-state index in [0.29, 0.717) is 11.4 Å². The SMILES string of the molecule is Cc1cc(C2CCCN(C)C2)nc(C(F)(F)F)n1. The molecule has 0 saturated carbocycles. The molecule has 1 fully saturated rings. The molecule has 3 nitrogen and oxygen atoms in total. The fourth-order valence-electron chi connectivity index (χ4n) is 2.34. The van der Waals surface area contributed by atoms with E-state index in [4.69, 9.17) is 0 Å². The summed E-state index contributed by atoms with van der Waals surface area (Å²) in [5.41, 5.74) is 0.891. The van der Waals surface area contributed by atoms with E-state index in [-0.39, 0.29) is 5.92 Å². The van der Waals surface area contributed by atoms with Gasteiger partial charge in [-0.05, 0) is 39.4 Å². The Bertz CT molecular complexity index is 431. The zero-order chi connectivity index (χ0) is 13.3. The molecule has 0 spiro atoms. The molecule has 1 saturated heterocycles. The monoisotopic (exact) mass is 259 g/mol. The van der Waals surface area contributed by atoms with Gasteiger partial charge in [0.15, 0.2) is 0 Å². The first-order valence-electron chi connectivity index (χ1n) is 5.97. The maximum Gasteiger partial charge on any atom is 0.451 e. The Balaban J connectivity index is 2.30. The summed E-state index contributed by atoms with van der Waals surface area (Å²) in [4.78, 5) is 9.29. The molecular weight excluding hydrogens is 243 g/mol. The molecule has 1 unspecified atom stereocenters. The number of aromatic nitrogens is 2. The van der Waals surface area contributed by atoms with E-state index < -0.39 is 12.0 Å². The lowest BCUT2D eigenvalue weighted by Crippen LogP contribution is -2.31. The summed E-state index contributed by atoms with van der Waals surface area (Å²) >= 11 is 0. The highest BCUT2D eigenvalue weighted by Crippen LogP contribution is 2.30. The Kier molecular flexibility index (Phi) is 3.56. The predicted octanol–water partition coefficient (Wildman–Crippen LogP) is 2.61. The minimum Gasteiger partial charge on any atom is -0.306 e. The highest BCUT2D eigenvalue weighted by Gasteiger charge is 2.35. The van der Waals surface area contributed by atoms with Gasteiger partial charge in [0.1, 0.15) is 0 Å². The van der Waals surface area contributed by atoms with Gasteiger partial charge >= 0.3 is 6.18 Å². The number of likely N-dealkylation sites (N-methyl/N-ethyl adjacent to an activating group) is 1. The van der Waals surface area contributed by atoms with Crippen molar-refractivity contribution in [3.8, 4) is 0 Å². The Labute approximate surface area is 104 Å². The zero-order valence-electron chi connectivity index (χ0n) is 10.5. The third kappa shape index (κ3) is 2.98. The number of hydrogen-bond acceptors (Lipinski definition) is 3. The van der Waals surface area contributed by atoms with E-state index in [9.17, 15) is 13.2 Å². The lowest BCUT2D eigenvalue weighted by molar-refractivity contribution is -0.145. The van der Waals surface area contributed by atoms with Crippen LogP contribution in [0.5, 0.6) is 0 Å². The molecule has 0 radical (unpaired) electrons. The van der Waals surface area contributed by atoms with Crippen LogP contribution in [-0.4, -0.2) is 35.0 Å². The molecule has 6 heteroatoms. The Morgan fingerprint density at radius 1 is 1.33 bits per heavy atom. The van der Waals surface area contributed by atoms with Crippen LogP contribution in [0.1, 0.15) is 36.0 Å². The number of aryl methyl sites for hydroxylation is 1. The van der Waals surface area contributed by atoms with Crippen molar-refractivity contribution in [2.75, 3.05) is 20.1 Å². The molecule has 1 aromatic heterocycles. The number of halogens is 3. The van der Waals surface area contributed by atoms with Crippen LogP contribution < -0.4 is 0 Å². The van der Waals surface area contributed by atoms with E-state index in [1.807, 2.05) is 7.05 Å². The van der Waals surface area contributed by atoms with Gasteiger partial charge < -0.3 is 4.90 Å². The molecule has 100 valence electrons. The zero-order valence-corrected chi connectivity index (χ0v) is 10.5. The van der Waals surface area contributed by atoms with Crippen LogP contribution >= 0.6 is 0 Å². The van der Waals surface area contributed by atoms with Gasteiger partial charge in [0.05, 0.1) is 0 Å². The van der Waals surface area contributed by atoms with Crippen LogP contribution in [-0.2, 0) is 6.18 Å². The van der Waals surface area contributed by atoms with Crippen LogP contribution in [0.15, 0.2) is 6.07 Å². The van der Waals surface area contributed by atoms with E-state index in [0.717, 1.165) is 25.9 Å².